The predicted molar refractivity (Wildman–Crippen MR) is 69.5 cm³/mol. The van der Waals surface area contributed by atoms with E-state index in [0.29, 0.717) is 5.92 Å². The van der Waals surface area contributed by atoms with Crippen LogP contribution < -0.4 is 4.74 Å². The largest absolute Gasteiger partial charge is 0.476 e. The number of likely N-dealkylation sites (tertiary alicyclic amines) is 1. The third-order valence-electron chi connectivity index (χ3n) is 3.19. The van der Waals surface area contributed by atoms with Gasteiger partial charge in [-0.2, -0.15) is 0 Å². The van der Waals surface area contributed by atoms with Gasteiger partial charge in [0, 0.05) is 18.3 Å². The second-order valence-corrected chi connectivity index (χ2v) is 4.95. The number of hydrogen-bond donors (Lipinski definition) is 0. The summed E-state index contributed by atoms with van der Waals surface area (Å²) in [4.78, 5) is 6.95. The van der Waals surface area contributed by atoms with E-state index in [0.717, 1.165) is 24.7 Å². The first-order valence-electron chi connectivity index (χ1n) is 6.58. The summed E-state index contributed by atoms with van der Waals surface area (Å²) in [7, 11) is 0. The van der Waals surface area contributed by atoms with Crippen molar-refractivity contribution in [1.29, 1.82) is 0 Å². The van der Waals surface area contributed by atoms with Gasteiger partial charge in [-0.05, 0) is 37.9 Å². The molecule has 17 heavy (non-hydrogen) atoms. The number of pyridine rings is 1. The third kappa shape index (κ3) is 3.70. The van der Waals surface area contributed by atoms with Crippen LogP contribution in [0.4, 0.5) is 0 Å². The lowest BCUT2D eigenvalue weighted by molar-refractivity contribution is 0.231. The van der Waals surface area contributed by atoms with Crippen LogP contribution in [0.2, 0.25) is 0 Å². The second-order valence-electron chi connectivity index (χ2n) is 4.95. The second kappa shape index (κ2) is 6.01. The zero-order valence-corrected chi connectivity index (χ0v) is 10.9. The van der Waals surface area contributed by atoms with Crippen molar-refractivity contribution >= 4 is 0 Å². The Hall–Kier alpha value is -1.09. The molecule has 0 saturated carbocycles. The van der Waals surface area contributed by atoms with Crippen molar-refractivity contribution in [2.75, 3.05) is 26.2 Å². The van der Waals surface area contributed by atoms with E-state index in [2.05, 4.69) is 29.8 Å². The third-order valence-corrected chi connectivity index (χ3v) is 3.19. The standard InChI is InChI=1S/C14H22N2O/c1-12(2)13-6-5-7-14(15-13)17-11-10-16-8-3-4-9-16/h5-7,12H,3-4,8-11H2,1-2H3. The molecule has 94 valence electrons. The lowest BCUT2D eigenvalue weighted by atomic mass is 10.1. The number of ether oxygens (including phenoxy) is 1. The molecule has 0 amide bonds. The maximum absolute atomic E-state index is 5.71. The van der Waals surface area contributed by atoms with Crippen LogP contribution in [0.15, 0.2) is 18.2 Å². The fourth-order valence-corrected chi connectivity index (χ4v) is 2.12. The number of rotatable bonds is 5. The number of aromatic nitrogens is 1. The first-order chi connectivity index (χ1) is 8.25. The van der Waals surface area contributed by atoms with Crippen molar-refractivity contribution in [2.45, 2.75) is 32.6 Å². The van der Waals surface area contributed by atoms with Gasteiger partial charge in [0.15, 0.2) is 0 Å². The van der Waals surface area contributed by atoms with E-state index in [9.17, 15) is 0 Å². The molecule has 3 nitrogen and oxygen atoms in total. The van der Waals surface area contributed by atoms with Crippen LogP contribution in [0.3, 0.4) is 0 Å². The van der Waals surface area contributed by atoms with Crippen LogP contribution in [0.1, 0.15) is 38.3 Å². The highest BCUT2D eigenvalue weighted by Gasteiger charge is 2.11. The Bertz CT molecular complexity index is 346. The molecule has 3 heteroatoms. The van der Waals surface area contributed by atoms with Crippen molar-refractivity contribution in [2.24, 2.45) is 0 Å². The van der Waals surface area contributed by atoms with E-state index in [1.165, 1.54) is 25.9 Å². The van der Waals surface area contributed by atoms with Crippen molar-refractivity contribution in [3.05, 3.63) is 23.9 Å². The lowest BCUT2D eigenvalue weighted by Gasteiger charge is -2.15. The highest BCUT2D eigenvalue weighted by molar-refractivity contribution is 5.17. The Labute approximate surface area is 104 Å². The monoisotopic (exact) mass is 234 g/mol. The molecule has 0 bridgehead atoms. The lowest BCUT2D eigenvalue weighted by Crippen LogP contribution is -2.25. The number of nitrogens with zero attached hydrogens (tertiary/aromatic N) is 2. The molecule has 1 fully saturated rings. The van der Waals surface area contributed by atoms with Gasteiger partial charge in [-0.15, -0.1) is 0 Å². The molecule has 0 aromatic carbocycles. The molecule has 1 aromatic heterocycles. The predicted octanol–water partition coefficient (Wildman–Crippen LogP) is 2.68. The fourth-order valence-electron chi connectivity index (χ4n) is 2.12. The average Bonchev–Trinajstić information content (AvgIpc) is 2.82. The molecule has 0 N–H and O–H groups in total. The maximum Gasteiger partial charge on any atom is 0.213 e. The quantitative estimate of drug-likeness (QED) is 0.783. The first-order valence-corrected chi connectivity index (χ1v) is 6.58. The Morgan fingerprint density at radius 3 is 2.76 bits per heavy atom. The minimum Gasteiger partial charge on any atom is -0.476 e. The van der Waals surface area contributed by atoms with Gasteiger partial charge in [0.2, 0.25) is 5.88 Å². The zero-order valence-electron chi connectivity index (χ0n) is 10.9. The Kier molecular flexibility index (Phi) is 4.37. The fraction of sp³-hybridized carbons (Fsp3) is 0.643. The van der Waals surface area contributed by atoms with Crippen LogP contribution in [-0.4, -0.2) is 36.1 Å². The molecular weight excluding hydrogens is 212 g/mol. The molecule has 1 aliphatic heterocycles. The summed E-state index contributed by atoms with van der Waals surface area (Å²) < 4.78 is 5.71. The minimum absolute atomic E-state index is 0.456. The van der Waals surface area contributed by atoms with Gasteiger partial charge in [0.1, 0.15) is 6.61 Å². The van der Waals surface area contributed by atoms with E-state index < -0.39 is 0 Å². The van der Waals surface area contributed by atoms with Crippen LogP contribution in [0.5, 0.6) is 5.88 Å². The highest BCUT2D eigenvalue weighted by atomic mass is 16.5. The Morgan fingerprint density at radius 1 is 1.29 bits per heavy atom. The van der Waals surface area contributed by atoms with Gasteiger partial charge in [-0.3, -0.25) is 4.90 Å². The maximum atomic E-state index is 5.71. The van der Waals surface area contributed by atoms with Crippen LogP contribution in [0, 0.1) is 0 Å². The van der Waals surface area contributed by atoms with Gasteiger partial charge in [-0.25, -0.2) is 4.98 Å². The number of hydrogen-bond acceptors (Lipinski definition) is 3. The van der Waals surface area contributed by atoms with E-state index >= 15 is 0 Å². The highest BCUT2D eigenvalue weighted by Crippen LogP contribution is 2.15. The van der Waals surface area contributed by atoms with Gasteiger partial charge in [0.05, 0.1) is 0 Å². The summed E-state index contributed by atoms with van der Waals surface area (Å²) in [5.41, 5.74) is 1.10. The first kappa shape index (κ1) is 12.4. The molecular formula is C14H22N2O. The Morgan fingerprint density at radius 2 is 2.06 bits per heavy atom. The SMILES string of the molecule is CC(C)c1cccc(OCCN2CCCC2)n1. The van der Waals surface area contributed by atoms with E-state index in [1.807, 2.05) is 12.1 Å². The van der Waals surface area contributed by atoms with Gasteiger partial charge in [-0.1, -0.05) is 19.9 Å². The smallest absolute Gasteiger partial charge is 0.213 e. The topological polar surface area (TPSA) is 25.4 Å². The van der Waals surface area contributed by atoms with Gasteiger partial charge in [0.25, 0.3) is 0 Å². The molecule has 1 aromatic rings. The summed E-state index contributed by atoms with van der Waals surface area (Å²) in [5, 5.41) is 0. The van der Waals surface area contributed by atoms with Gasteiger partial charge >= 0.3 is 0 Å². The molecule has 0 aliphatic carbocycles. The summed E-state index contributed by atoms with van der Waals surface area (Å²) >= 11 is 0. The van der Waals surface area contributed by atoms with E-state index in [4.69, 9.17) is 4.74 Å². The van der Waals surface area contributed by atoms with Crippen molar-refractivity contribution < 1.29 is 4.74 Å². The van der Waals surface area contributed by atoms with Crippen LogP contribution >= 0.6 is 0 Å². The Balaban J connectivity index is 1.79. The molecule has 2 rings (SSSR count). The molecule has 2 heterocycles. The zero-order chi connectivity index (χ0) is 12.1. The van der Waals surface area contributed by atoms with Crippen LogP contribution in [-0.2, 0) is 0 Å². The summed E-state index contributed by atoms with van der Waals surface area (Å²) in [6, 6.07) is 6.02. The normalized spacial score (nSPS) is 16.6. The minimum atomic E-state index is 0.456. The summed E-state index contributed by atoms with van der Waals surface area (Å²) in [6.45, 7) is 8.51. The molecule has 0 spiro atoms. The van der Waals surface area contributed by atoms with E-state index in [1.54, 1.807) is 0 Å². The molecule has 0 atom stereocenters. The van der Waals surface area contributed by atoms with Crippen molar-refractivity contribution in [1.82, 2.24) is 9.88 Å². The van der Waals surface area contributed by atoms with Crippen LogP contribution in [0.25, 0.3) is 0 Å². The molecule has 1 aliphatic rings. The van der Waals surface area contributed by atoms with E-state index in [-0.39, 0.29) is 0 Å². The average molecular weight is 234 g/mol. The summed E-state index contributed by atoms with van der Waals surface area (Å²) in [6.07, 6.45) is 2.67. The molecule has 1 saturated heterocycles. The molecule has 0 unspecified atom stereocenters. The molecule has 0 radical (unpaired) electrons. The van der Waals surface area contributed by atoms with Crippen molar-refractivity contribution in [3.63, 3.8) is 0 Å². The summed E-state index contributed by atoms with van der Waals surface area (Å²) in [5.74, 6) is 1.22. The van der Waals surface area contributed by atoms with Crippen molar-refractivity contribution in [3.8, 4) is 5.88 Å². The van der Waals surface area contributed by atoms with Gasteiger partial charge < -0.3 is 4.74 Å².